The summed E-state index contributed by atoms with van der Waals surface area (Å²) >= 11 is 0. The summed E-state index contributed by atoms with van der Waals surface area (Å²) < 4.78 is 5.05. The summed E-state index contributed by atoms with van der Waals surface area (Å²) in [4.78, 5) is 10.9. The molecule has 0 aromatic carbocycles. The van der Waals surface area contributed by atoms with Crippen LogP contribution in [0.1, 0.15) is 6.92 Å². The van der Waals surface area contributed by atoms with E-state index in [9.17, 15) is 9.90 Å². The van der Waals surface area contributed by atoms with Crippen molar-refractivity contribution in [3.63, 3.8) is 0 Å². The molecular weight excluding hydrogens is 184 g/mol. The number of aliphatic hydroxyl groups excluding tert-OH is 1. The minimum absolute atomic E-state index is 0.206. The lowest BCUT2D eigenvalue weighted by Gasteiger charge is -2.34. The van der Waals surface area contributed by atoms with Gasteiger partial charge in [0.15, 0.2) is 0 Å². The molecule has 2 unspecified atom stereocenters. The van der Waals surface area contributed by atoms with Crippen molar-refractivity contribution < 1.29 is 19.1 Å². The summed E-state index contributed by atoms with van der Waals surface area (Å²) in [6.45, 7) is 5.33. The third kappa shape index (κ3) is 4.36. The van der Waals surface area contributed by atoms with Crippen LogP contribution in [0.15, 0.2) is 12.7 Å². The first-order valence-corrected chi connectivity index (χ1v) is 4.39. The van der Waals surface area contributed by atoms with Gasteiger partial charge in [0.2, 0.25) is 0 Å². The van der Waals surface area contributed by atoms with Crippen molar-refractivity contribution in [1.29, 1.82) is 0 Å². The number of carbonyl (C=O) groups is 1. The van der Waals surface area contributed by atoms with Gasteiger partial charge < -0.3 is 9.84 Å². The van der Waals surface area contributed by atoms with Crippen LogP contribution in [0.4, 0.5) is 0 Å². The summed E-state index contributed by atoms with van der Waals surface area (Å²) in [5.41, 5.74) is 5.65. The van der Waals surface area contributed by atoms with E-state index in [1.165, 1.54) is 0 Å². The summed E-state index contributed by atoms with van der Waals surface area (Å²) in [6.07, 6.45) is -0.240. The molecule has 0 aromatic heterocycles. The fraction of sp³-hybridized carbons (Fsp3) is 0.667. The van der Waals surface area contributed by atoms with Gasteiger partial charge in [0.1, 0.15) is 12.6 Å². The summed E-state index contributed by atoms with van der Waals surface area (Å²) in [6, 6.07) is 0. The summed E-state index contributed by atoms with van der Waals surface area (Å²) in [7, 11) is 3.54. The van der Waals surface area contributed by atoms with Gasteiger partial charge in [-0.25, -0.2) is 10.5 Å². The molecule has 0 aliphatic rings. The molecule has 0 saturated carbocycles. The first-order chi connectivity index (χ1) is 6.29. The van der Waals surface area contributed by atoms with Crippen molar-refractivity contribution in [2.45, 2.75) is 19.4 Å². The number of aliphatic hydroxyl groups is 1. The Morgan fingerprint density at radius 3 is 2.57 bits per heavy atom. The van der Waals surface area contributed by atoms with Gasteiger partial charge >= 0.3 is 5.97 Å². The van der Waals surface area contributed by atoms with Crippen LogP contribution in [0.2, 0.25) is 0 Å². The van der Waals surface area contributed by atoms with Gasteiger partial charge in [0, 0.05) is 6.08 Å². The number of quaternary nitrogens is 1. The van der Waals surface area contributed by atoms with E-state index in [1.807, 2.05) is 0 Å². The van der Waals surface area contributed by atoms with Crippen LogP contribution >= 0.6 is 0 Å². The monoisotopic (exact) mass is 203 g/mol. The lowest BCUT2D eigenvalue weighted by atomic mass is 10.3. The second-order valence-corrected chi connectivity index (χ2v) is 3.84. The zero-order valence-corrected chi connectivity index (χ0v) is 8.93. The predicted octanol–water partition coefficient (Wildman–Crippen LogP) is -0.585. The molecular formula is C9H19N2O3+. The molecule has 14 heavy (non-hydrogen) atoms. The van der Waals surface area contributed by atoms with E-state index in [0.717, 1.165) is 6.08 Å². The molecule has 5 nitrogen and oxygen atoms in total. The zero-order chi connectivity index (χ0) is 11.4. The van der Waals surface area contributed by atoms with Crippen molar-refractivity contribution >= 4 is 5.97 Å². The fourth-order valence-corrected chi connectivity index (χ4v) is 1.09. The minimum Gasteiger partial charge on any atom is -0.395 e. The Bertz CT molecular complexity index is 214. The lowest BCUT2D eigenvalue weighted by molar-refractivity contribution is -0.937. The van der Waals surface area contributed by atoms with Gasteiger partial charge in [-0.15, -0.1) is 0 Å². The van der Waals surface area contributed by atoms with E-state index in [1.54, 1.807) is 21.0 Å². The Morgan fingerprint density at radius 2 is 2.21 bits per heavy atom. The standard InChI is InChI=1S/C9H19N2O3/c1-5-8(13)14-9(10)11(3,4)6-7(2)12/h5,7,9,12H,1,6,10H2,2-4H3/q+1. The molecule has 0 aliphatic heterocycles. The number of hydrogen-bond donors (Lipinski definition) is 2. The van der Waals surface area contributed by atoms with Gasteiger partial charge in [-0.3, -0.25) is 4.48 Å². The van der Waals surface area contributed by atoms with E-state index in [0.29, 0.717) is 6.54 Å². The molecule has 0 bridgehead atoms. The van der Waals surface area contributed by atoms with E-state index in [2.05, 4.69) is 6.58 Å². The number of likely N-dealkylation sites (N-methyl/N-ethyl adjacent to an activating group) is 1. The van der Waals surface area contributed by atoms with Gasteiger partial charge in [-0.2, -0.15) is 0 Å². The Balaban J connectivity index is 4.26. The first-order valence-electron chi connectivity index (χ1n) is 4.39. The quantitative estimate of drug-likeness (QED) is 0.271. The maximum absolute atomic E-state index is 10.9. The van der Waals surface area contributed by atoms with E-state index in [-0.39, 0.29) is 4.48 Å². The minimum atomic E-state index is -0.796. The summed E-state index contributed by atoms with van der Waals surface area (Å²) in [5.74, 6) is -0.561. The van der Waals surface area contributed by atoms with Crippen molar-refractivity contribution in [3.8, 4) is 0 Å². The highest BCUT2D eigenvalue weighted by atomic mass is 16.6. The predicted molar refractivity (Wildman–Crippen MR) is 52.9 cm³/mol. The molecule has 2 atom stereocenters. The molecule has 0 spiro atoms. The molecule has 0 amide bonds. The maximum Gasteiger partial charge on any atom is 0.335 e. The average Bonchev–Trinajstić information content (AvgIpc) is 2.01. The van der Waals surface area contributed by atoms with E-state index < -0.39 is 18.4 Å². The van der Waals surface area contributed by atoms with Gasteiger partial charge in [-0.1, -0.05) is 6.58 Å². The average molecular weight is 203 g/mol. The van der Waals surface area contributed by atoms with E-state index >= 15 is 0 Å². The molecule has 3 N–H and O–H groups in total. The molecule has 0 fully saturated rings. The van der Waals surface area contributed by atoms with Crippen LogP contribution in [0.5, 0.6) is 0 Å². The molecule has 0 aliphatic carbocycles. The first kappa shape index (κ1) is 13.1. The molecule has 0 aromatic rings. The number of hydrogen-bond acceptors (Lipinski definition) is 4. The Kier molecular flexibility index (Phi) is 4.76. The fourth-order valence-electron chi connectivity index (χ4n) is 1.09. The third-order valence-corrected chi connectivity index (χ3v) is 1.83. The lowest BCUT2D eigenvalue weighted by Crippen LogP contribution is -2.58. The normalized spacial score (nSPS) is 15.8. The van der Waals surface area contributed by atoms with Crippen LogP contribution in [-0.4, -0.2) is 48.7 Å². The van der Waals surface area contributed by atoms with Gasteiger partial charge in [0.25, 0.3) is 6.35 Å². The van der Waals surface area contributed by atoms with Crippen LogP contribution in [-0.2, 0) is 9.53 Å². The molecule has 0 saturated heterocycles. The van der Waals surface area contributed by atoms with Crippen LogP contribution in [0.3, 0.4) is 0 Å². The molecule has 82 valence electrons. The molecule has 0 rings (SSSR count). The van der Waals surface area contributed by atoms with Crippen LogP contribution in [0.25, 0.3) is 0 Å². The van der Waals surface area contributed by atoms with Crippen LogP contribution in [0, 0.1) is 0 Å². The van der Waals surface area contributed by atoms with Crippen molar-refractivity contribution in [2.24, 2.45) is 5.73 Å². The second-order valence-electron chi connectivity index (χ2n) is 3.84. The largest absolute Gasteiger partial charge is 0.395 e. The second kappa shape index (κ2) is 5.09. The van der Waals surface area contributed by atoms with Crippen molar-refractivity contribution in [3.05, 3.63) is 12.7 Å². The van der Waals surface area contributed by atoms with Crippen LogP contribution < -0.4 is 5.73 Å². The highest BCUT2D eigenvalue weighted by molar-refractivity contribution is 5.81. The van der Waals surface area contributed by atoms with Gasteiger partial charge in [-0.05, 0) is 6.92 Å². The van der Waals surface area contributed by atoms with Crippen molar-refractivity contribution in [1.82, 2.24) is 0 Å². The Hall–Kier alpha value is -0.910. The molecule has 0 radical (unpaired) electrons. The maximum atomic E-state index is 10.9. The Labute approximate surface area is 84.3 Å². The number of ether oxygens (including phenoxy) is 1. The third-order valence-electron chi connectivity index (χ3n) is 1.83. The summed E-state index contributed by atoms with van der Waals surface area (Å²) in [5, 5.41) is 9.20. The highest BCUT2D eigenvalue weighted by Crippen LogP contribution is 2.05. The SMILES string of the molecule is C=CC(=O)OC(N)[N+](C)(C)CC(C)O. The van der Waals surface area contributed by atoms with E-state index in [4.69, 9.17) is 10.5 Å². The molecule has 0 heterocycles. The number of esters is 1. The van der Waals surface area contributed by atoms with Crippen molar-refractivity contribution in [2.75, 3.05) is 20.6 Å². The topological polar surface area (TPSA) is 72.5 Å². The number of rotatable bonds is 5. The number of carbonyl (C=O) groups excluding carboxylic acids is 1. The zero-order valence-electron chi connectivity index (χ0n) is 8.93. The Morgan fingerprint density at radius 1 is 1.71 bits per heavy atom. The smallest absolute Gasteiger partial charge is 0.335 e. The highest BCUT2D eigenvalue weighted by Gasteiger charge is 2.28. The molecule has 5 heteroatoms. The number of nitrogens with two attached hydrogens (primary N) is 1. The number of nitrogens with zero attached hydrogens (tertiary/aromatic N) is 1. The van der Waals surface area contributed by atoms with Gasteiger partial charge in [0.05, 0.1) is 14.1 Å².